The molecular weight excluding hydrogens is 240 g/mol. The summed E-state index contributed by atoms with van der Waals surface area (Å²) in [4.78, 5) is 0. The maximum atomic E-state index is 3.45. The van der Waals surface area contributed by atoms with Crippen LogP contribution in [0, 0.1) is 11.8 Å². The summed E-state index contributed by atoms with van der Waals surface area (Å²) in [6.45, 7) is 6.78. The number of hydrogen-bond donors (Lipinski definition) is 0. The number of hydrogen-bond acceptors (Lipinski definition) is 0. The fourth-order valence-corrected chi connectivity index (χ4v) is 2.84. The van der Waals surface area contributed by atoms with Crippen LogP contribution in [0.2, 0.25) is 0 Å². The molecule has 0 heteroatoms. The lowest BCUT2D eigenvalue weighted by Gasteiger charge is -2.23. The number of fused-ring (bicyclic) bond motifs is 2. The van der Waals surface area contributed by atoms with Gasteiger partial charge in [0.1, 0.15) is 0 Å². The second kappa shape index (κ2) is 4.84. The molecule has 0 nitrogen and oxygen atoms in total. The normalized spacial score (nSPS) is 13.3. The monoisotopic (exact) mass is 260 g/mol. The van der Waals surface area contributed by atoms with E-state index in [-0.39, 0.29) is 5.41 Å². The number of benzene rings is 2. The Labute approximate surface area is 121 Å². The van der Waals surface area contributed by atoms with Gasteiger partial charge in [-0.15, -0.1) is 0 Å². The van der Waals surface area contributed by atoms with E-state index in [1.807, 2.05) is 0 Å². The average molecular weight is 260 g/mol. The first-order valence-electron chi connectivity index (χ1n) is 7.28. The molecule has 0 heterocycles. The van der Waals surface area contributed by atoms with Crippen LogP contribution in [0.3, 0.4) is 0 Å². The third-order valence-electron chi connectivity index (χ3n) is 3.96. The van der Waals surface area contributed by atoms with Crippen molar-refractivity contribution in [2.24, 2.45) is 0 Å². The molecule has 0 unspecified atom stereocenters. The van der Waals surface area contributed by atoms with E-state index >= 15 is 0 Å². The Kier molecular flexibility index (Phi) is 3.14. The van der Waals surface area contributed by atoms with Crippen molar-refractivity contribution in [3.05, 3.63) is 70.3 Å². The van der Waals surface area contributed by atoms with E-state index in [1.165, 1.54) is 27.8 Å². The van der Waals surface area contributed by atoms with Gasteiger partial charge in [0.15, 0.2) is 0 Å². The fourth-order valence-electron chi connectivity index (χ4n) is 2.84. The van der Waals surface area contributed by atoms with Crippen molar-refractivity contribution in [1.29, 1.82) is 0 Å². The third kappa shape index (κ3) is 2.37. The van der Waals surface area contributed by atoms with Crippen LogP contribution in [0.1, 0.15) is 48.6 Å². The largest absolute Gasteiger partial charge is 0.0619 e. The van der Waals surface area contributed by atoms with E-state index in [0.717, 1.165) is 12.8 Å². The minimum absolute atomic E-state index is 0.138. The molecule has 20 heavy (non-hydrogen) atoms. The Bertz CT molecular complexity index is 703. The van der Waals surface area contributed by atoms with Crippen LogP contribution >= 0.6 is 0 Å². The first-order chi connectivity index (χ1) is 9.55. The molecule has 0 amide bonds. The van der Waals surface area contributed by atoms with Crippen LogP contribution in [-0.2, 0) is 18.3 Å². The first-order valence-corrected chi connectivity index (χ1v) is 7.28. The van der Waals surface area contributed by atoms with E-state index < -0.39 is 0 Å². The summed E-state index contributed by atoms with van der Waals surface area (Å²) in [7, 11) is 0. The third-order valence-corrected chi connectivity index (χ3v) is 3.96. The maximum absolute atomic E-state index is 3.45. The van der Waals surface area contributed by atoms with Gasteiger partial charge < -0.3 is 0 Å². The fraction of sp³-hybridized carbons (Fsp3) is 0.300. The van der Waals surface area contributed by atoms with Crippen LogP contribution in [0.4, 0.5) is 0 Å². The highest BCUT2D eigenvalue weighted by Crippen LogP contribution is 2.29. The predicted octanol–water partition coefficient (Wildman–Crippen LogP) is 4.48. The molecule has 100 valence electrons. The molecule has 0 aromatic heterocycles. The van der Waals surface area contributed by atoms with Crippen LogP contribution in [0.15, 0.2) is 42.5 Å². The van der Waals surface area contributed by atoms with Gasteiger partial charge in [-0.2, -0.15) is 0 Å². The Hall–Kier alpha value is -2.00. The molecule has 0 spiro atoms. The molecule has 0 radical (unpaired) electrons. The maximum Gasteiger partial charge on any atom is 0.0318 e. The highest BCUT2D eigenvalue weighted by atomic mass is 14.2. The van der Waals surface area contributed by atoms with Crippen molar-refractivity contribution in [3.8, 4) is 11.8 Å². The molecule has 1 aliphatic rings. The van der Waals surface area contributed by atoms with E-state index in [0.29, 0.717) is 0 Å². The van der Waals surface area contributed by atoms with Crippen LogP contribution in [0.25, 0.3) is 0 Å². The van der Waals surface area contributed by atoms with Crippen molar-refractivity contribution < 1.29 is 0 Å². The zero-order valence-corrected chi connectivity index (χ0v) is 12.5. The van der Waals surface area contributed by atoms with Gasteiger partial charge in [0, 0.05) is 11.1 Å². The van der Waals surface area contributed by atoms with Gasteiger partial charge in [-0.25, -0.2) is 0 Å². The Morgan fingerprint density at radius 2 is 1.50 bits per heavy atom. The first kappa shape index (κ1) is 13.0. The van der Waals surface area contributed by atoms with Gasteiger partial charge in [0.2, 0.25) is 0 Å². The summed E-state index contributed by atoms with van der Waals surface area (Å²) < 4.78 is 0. The Morgan fingerprint density at radius 3 is 2.30 bits per heavy atom. The lowest BCUT2D eigenvalue weighted by Crippen LogP contribution is -2.15. The molecule has 2 aromatic rings. The average Bonchev–Trinajstić information content (AvgIpc) is 2.40. The molecule has 0 fully saturated rings. The van der Waals surface area contributed by atoms with Gasteiger partial charge in [-0.1, -0.05) is 69.0 Å². The summed E-state index contributed by atoms with van der Waals surface area (Å²) in [6, 6.07) is 15.1. The van der Waals surface area contributed by atoms with Crippen molar-refractivity contribution in [2.45, 2.75) is 39.0 Å². The number of aryl methyl sites for hydroxylation is 2. The topological polar surface area (TPSA) is 0 Å². The summed E-state index contributed by atoms with van der Waals surface area (Å²) in [6.07, 6.45) is 2.15. The molecular formula is C20H20. The van der Waals surface area contributed by atoms with Crippen LogP contribution in [0.5, 0.6) is 0 Å². The standard InChI is InChI=1S/C20H20/c1-20(2,3)19-10-6-9-17-12-11-15-7-4-5-8-16(15)13-14-18(17)19/h4-10H,11-12H2,1-3H3. The van der Waals surface area contributed by atoms with Gasteiger partial charge in [0.05, 0.1) is 0 Å². The quantitative estimate of drug-likeness (QED) is 0.613. The second-order valence-electron chi connectivity index (χ2n) is 6.50. The minimum Gasteiger partial charge on any atom is -0.0619 e. The Balaban J connectivity index is 2.20. The summed E-state index contributed by atoms with van der Waals surface area (Å²) in [5, 5.41) is 0. The van der Waals surface area contributed by atoms with Crippen molar-refractivity contribution in [2.75, 3.05) is 0 Å². The smallest absolute Gasteiger partial charge is 0.0318 e. The molecule has 0 aliphatic heterocycles. The molecule has 2 aromatic carbocycles. The van der Waals surface area contributed by atoms with E-state index in [4.69, 9.17) is 0 Å². The van der Waals surface area contributed by atoms with Gasteiger partial charge in [-0.05, 0) is 41.0 Å². The zero-order valence-electron chi connectivity index (χ0n) is 12.5. The molecule has 0 N–H and O–H groups in total. The molecule has 1 aliphatic carbocycles. The molecule has 0 bridgehead atoms. The van der Waals surface area contributed by atoms with Crippen molar-refractivity contribution in [3.63, 3.8) is 0 Å². The van der Waals surface area contributed by atoms with Crippen molar-refractivity contribution in [1.82, 2.24) is 0 Å². The second-order valence-corrected chi connectivity index (χ2v) is 6.50. The summed E-state index contributed by atoms with van der Waals surface area (Å²) >= 11 is 0. The van der Waals surface area contributed by atoms with Crippen molar-refractivity contribution >= 4 is 0 Å². The zero-order chi connectivity index (χ0) is 14.2. The lowest BCUT2D eigenvalue weighted by molar-refractivity contribution is 0.587. The summed E-state index contributed by atoms with van der Waals surface area (Å²) in [5.74, 6) is 6.83. The van der Waals surface area contributed by atoms with E-state index in [9.17, 15) is 0 Å². The van der Waals surface area contributed by atoms with Gasteiger partial charge in [0.25, 0.3) is 0 Å². The minimum atomic E-state index is 0.138. The lowest BCUT2D eigenvalue weighted by atomic mass is 9.81. The van der Waals surface area contributed by atoms with Gasteiger partial charge >= 0.3 is 0 Å². The van der Waals surface area contributed by atoms with Crippen LogP contribution < -0.4 is 0 Å². The predicted molar refractivity (Wildman–Crippen MR) is 85.0 cm³/mol. The van der Waals surface area contributed by atoms with E-state index in [2.05, 4.69) is 75.1 Å². The molecule has 3 rings (SSSR count). The molecule has 0 saturated carbocycles. The number of rotatable bonds is 0. The highest BCUT2D eigenvalue weighted by molar-refractivity contribution is 5.55. The van der Waals surface area contributed by atoms with E-state index in [1.54, 1.807) is 0 Å². The molecule has 0 saturated heterocycles. The Morgan fingerprint density at radius 1 is 0.800 bits per heavy atom. The summed E-state index contributed by atoms with van der Waals surface area (Å²) in [5.41, 5.74) is 6.68. The molecule has 0 atom stereocenters. The van der Waals surface area contributed by atoms with Crippen LogP contribution in [-0.4, -0.2) is 0 Å². The SMILES string of the molecule is CC(C)(C)c1cccc2c1C#Cc1ccccc1CC2. The van der Waals surface area contributed by atoms with Gasteiger partial charge in [-0.3, -0.25) is 0 Å². The highest BCUT2D eigenvalue weighted by Gasteiger charge is 2.19.